The maximum absolute atomic E-state index is 11.7. The van der Waals surface area contributed by atoms with Gasteiger partial charge >= 0.3 is 5.97 Å². The molecule has 0 amide bonds. The molecule has 1 heterocycles. The average molecular weight is 451 g/mol. The zero-order valence-electron chi connectivity index (χ0n) is 20.4. The molecule has 0 spiro atoms. The van der Waals surface area contributed by atoms with Crippen molar-refractivity contribution >= 4 is 22.6 Å². The van der Waals surface area contributed by atoms with Crippen LogP contribution in [-0.4, -0.2) is 40.9 Å². The van der Waals surface area contributed by atoms with Gasteiger partial charge in [0.1, 0.15) is 6.10 Å². The van der Waals surface area contributed by atoms with Gasteiger partial charge in [0.15, 0.2) is 16.6 Å². The van der Waals surface area contributed by atoms with E-state index in [2.05, 4.69) is 83.5 Å². The number of hydrogen-bond acceptors (Lipinski definition) is 4. The monoisotopic (exact) mass is 450 g/mol. The number of benzene rings is 1. The minimum atomic E-state index is -1.80. The fraction of sp³-hybridized carbons (Fsp3) is 0.708. The first-order chi connectivity index (χ1) is 13.8. The quantitative estimate of drug-likeness (QED) is 0.311. The van der Waals surface area contributed by atoms with E-state index in [4.69, 9.17) is 13.6 Å². The Morgan fingerprint density at radius 1 is 0.967 bits per heavy atom. The van der Waals surface area contributed by atoms with Crippen molar-refractivity contribution in [3.63, 3.8) is 0 Å². The van der Waals surface area contributed by atoms with Crippen LogP contribution in [-0.2, 0) is 24.8 Å². The molecule has 1 aromatic rings. The third-order valence-corrected chi connectivity index (χ3v) is 7.80. The lowest BCUT2D eigenvalue weighted by atomic mass is 9.79. The van der Waals surface area contributed by atoms with Crippen LogP contribution in [0.15, 0.2) is 30.3 Å². The number of carbonyl (C=O) groups is 1. The molecule has 0 bridgehead atoms. The predicted octanol–water partition coefficient (Wildman–Crippen LogP) is 5.89. The van der Waals surface area contributed by atoms with Crippen molar-refractivity contribution in [2.75, 3.05) is 0 Å². The van der Waals surface area contributed by atoms with Gasteiger partial charge in [-0.15, -0.1) is 0 Å². The summed E-state index contributed by atoms with van der Waals surface area (Å²) in [6.07, 6.45) is 2.01. The summed E-state index contributed by atoms with van der Waals surface area (Å²) in [4.78, 5) is 11.7. The van der Waals surface area contributed by atoms with Crippen molar-refractivity contribution in [2.24, 2.45) is 17.8 Å². The molecule has 4 nitrogen and oxygen atoms in total. The molecule has 0 N–H and O–H groups in total. The van der Waals surface area contributed by atoms with E-state index in [-0.39, 0.29) is 42.0 Å². The summed E-state index contributed by atoms with van der Waals surface area (Å²) in [5.41, 5.74) is 1.34. The molecule has 0 unspecified atom stereocenters. The molecule has 6 atom stereocenters. The van der Waals surface area contributed by atoms with Crippen LogP contribution >= 0.6 is 0 Å². The van der Waals surface area contributed by atoms with Gasteiger partial charge in [-0.3, -0.25) is 4.79 Å². The molecular formula is C24H42O4Si2. The first-order valence-corrected chi connectivity index (χ1v) is 18.2. The van der Waals surface area contributed by atoms with Crippen molar-refractivity contribution in [2.45, 2.75) is 91.2 Å². The highest BCUT2D eigenvalue weighted by molar-refractivity contribution is 6.70. The number of carbonyl (C=O) groups excluding carboxylic acids is 1. The van der Waals surface area contributed by atoms with E-state index in [0.717, 1.165) is 12.8 Å². The molecule has 30 heavy (non-hydrogen) atoms. The zero-order valence-corrected chi connectivity index (χ0v) is 22.4. The van der Waals surface area contributed by atoms with Gasteiger partial charge in [0.05, 0.1) is 18.1 Å². The van der Waals surface area contributed by atoms with E-state index in [1.54, 1.807) is 0 Å². The van der Waals surface area contributed by atoms with E-state index in [9.17, 15) is 4.79 Å². The van der Waals surface area contributed by atoms with Gasteiger partial charge in [-0.2, -0.15) is 0 Å². The van der Waals surface area contributed by atoms with Gasteiger partial charge < -0.3 is 13.6 Å². The molecule has 1 aromatic carbocycles. The summed E-state index contributed by atoms with van der Waals surface area (Å²) in [6, 6.07) is 10.6. The Kier molecular flexibility index (Phi) is 8.53. The molecule has 6 heteroatoms. The standard InChI is InChI=1S/C24H42O4Si2/c1-17(21(27-29(4,5)6)16-15-20-13-11-10-12-14-20)23(28-30(7,8)9)18(2)22-19(3)24(25)26-22/h10-14,17-19,21-23H,15-16H2,1-9H3/t17-,18-,19-,21+,22+,23-/m1/s1. The second-order valence-electron chi connectivity index (χ2n) is 10.9. The first kappa shape index (κ1) is 25.3. The minimum Gasteiger partial charge on any atom is -0.461 e. The minimum absolute atomic E-state index is 0.00865. The molecule has 1 saturated heterocycles. The van der Waals surface area contributed by atoms with Crippen LogP contribution in [0.3, 0.4) is 0 Å². The molecule has 1 fully saturated rings. The number of hydrogen-bond donors (Lipinski definition) is 0. The maximum atomic E-state index is 11.7. The van der Waals surface area contributed by atoms with Crippen LogP contribution < -0.4 is 0 Å². The molecule has 0 saturated carbocycles. The van der Waals surface area contributed by atoms with Crippen LogP contribution in [0.4, 0.5) is 0 Å². The SMILES string of the molecule is C[C@@H]([C@H](O[Si](C)(C)C)[C@H](C)[C@H](CCc1ccccc1)O[Si](C)(C)C)[C@@H]1OC(=O)[C@@H]1C. The van der Waals surface area contributed by atoms with Gasteiger partial charge in [-0.05, 0) is 64.6 Å². The van der Waals surface area contributed by atoms with Gasteiger partial charge in [0, 0.05) is 11.8 Å². The van der Waals surface area contributed by atoms with Crippen LogP contribution in [0.25, 0.3) is 0 Å². The third-order valence-electron chi connectivity index (χ3n) is 5.81. The summed E-state index contributed by atoms with van der Waals surface area (Å²) in [7, 11) is -3.53. The Hall–Kier alpha value is -0.956. The Labute approximate surface area is 186 Å². The van der Waals surface area contributed by atoms with E-state index >= 15 is 0 Å². The second-order valence-corrected chi connectivity index (χ2v) is 19.8. The summed E-state index contributed by atoms with van der Waals surface area (Å²) in [6.45, 7) is 19.9. The van der Waals surface area contributed by atoms with Gasteiger partial charge in [-0.1, -0.05) is 44.2 Å². The number of cyclic esters (lactones) is 1. The van der Waals surface area contributed by atoms with Gasteiger partial charge in [0.2, 0.25) is 0 Å². The number of aryl methyl sites for hydroxylation is 1. The fourth-order valence-electron chi connectivity index (χ4n) is 4.31. The summed E-state index contributed by atoms with van der Waals surface area (Å²) in [5, 5.41) is 0. The predicted molar refractivity (Wildman–Crippen MR) is 129 cm³/mol. The second kappa shape index (κ2) is 10.1. The molecule has 170 valence electrons. The highest BCUT2D eigenvalue weighted by Gasteiger charge is 2.48. The van der Waals surface area contributed by atoms with Crippen LogP contribution in [0.2, 0.25) is 39.3 Å². The molecule has 2 rings (SSSR count). The summed E-state index contributed by atoms with van der Waals surface area (Å²) >= 11 is 0. The summed E-state index contributed by atoms with van der Waals surface area (Å²) in [5.74, 6) is 0.211. The van der Waals surface area contributed by atoms with E-state index < -0.39 is 16.6 Å². The fourth-order valence-corrected chi connectivity index (χ4v) is 6.79. The Morgan fingerprint density at radius 3 is 2.00 bits per heavy atom. The summed E-state index contributed by atoms with van der Waals surface area (Å²) < 4.78 is 19.0. The number of esters is 1. The topological polar surface area (TPSA) is 44.8 Å². The first-order valence-electron chi connectivity index (χ1n) is 11.4. The molecule has 0 radical (unpaired) electrons. The van der Waals surface area contributed by atoms with E-state index in [0.29, 0.717) is 0 Å². The Bertz CT molecular complexity index is 681. The maximum Gasteiger partial charge on any atom is 0.312 e. The van der Waals surface area contributed by atoms with Crippen molar-refractivity contribution in [1.29, 1.82) is 0 Å². The number of rotatable bonds is 11. The van der Waals surface area contributed by atoms with Crippen molar-refractivity contribution in [3.8, 4) is 0 Å². The lowest BCUT2D eigenvalue weighted by Gasteiger charge is -2.45. The molecule has 0 aromatic heterocycles. The van der Waals surface area contributed by atoms with Gasteiger partial charge in [-0.25, -0.2) is 0 Å². The van der Waals surface area contributed by atoms with E-state index in [1.807, 2.05) is 6.92 Å². The Balaban J connectivity index is 2.22. The van der Waals surface area contributed by atoms with Crippen LogP contribution in [0.1, 0.15) is 32.8 Å². The molecule has 1 aliphatic heterocycles. The molecule has 1 aliphatic rings. The van der Waals surface area contributed by atoms with Gasteiger partial charge in [0.25, 0.3) is 0 Å². The van der Waals surface area contributed by atoms with Crippen LogP contribution in [0, 0.1) is 17.8 Å². The van der Waals surface area contributed by atoms with Crippen molar-refractivity contribution in [3.05, 3.63) is 35.9 Å². The largest absolute Gasteiger partial charge is 0.461 e. The molecular weight excluding hydrogens is 408 g/mol. The highest BCUT2D eigenvalue weighted by Crippen LogP contribution is 2.37. The molecule has 0 aliphatic carbocycles. The smallest absolute Gasteiger partial charge is 0.312 e. The lowest BCUT2D eigenvalue weighted by molar-refractivity contribution is -0.195. The van der Waals surface area contributed by atoms with Crippen LogP contribution in [0.5, 0.6) is 0 Å². The highest BCUT2D eigenvalue weighted by atomic mass is 28.4. The zero-order chi connectivity index (χ0) is 22.7. The average Bonchev–Trinajstić information content (AvgIpc) is 2.65. The van der Waals surface area contributed by atoms with Crippen molar-refractivity contribution < 1.29 is 18.4 Å². The number of ether oxygens (including phenoxy) is 1. The lowest BCUT2D eigenvalue weighted by Crippen LogP contribution is -2.55. The van der Waals surface area contributed by atoms with Crippen molar-refractivity contribution in [1.82, 2.24) is 0 Å². The normalized spacial score (nSPS) is 23.8. The van der Waals surface area contributed by atoms with E-state index in [1.165, 1.54) is 5.56 Å². The Morgan fingerprint density at radius 2 is 1.53 bits per heavy atom. The third kappa shape index (κ3) is 7.32.